The number of nitrogen functional groups attached to an aromatic ring is 1. The highest BCUT2D eigenvalue weighted by Crippen LogP contribution is 2.30. The Morgan fingerprint density at radius 2 is 2.11 bits per heavy atom. The second kappa shape index (κ2) is 4.69. The van der Waals surface area contributed by atoms with Gasteiger partial charge in [0.25, 0.3) is 0 Å². The molecule has 0 aromatic carbocycles. The summed E-state index contributed by atoms with van der Waals surface area (Å²) in [5.74, 6) is 5.24. The number of nitrogens with zero attached hydrogens (tertiary/aromatic N) is 2. The molecule has 0 aliphatic carbocycles. The van der Waals surface area contributed by atoms with Gasteiger partial charge in [-0.1, -0.05) is 6.92 Å². The predicted octanol–water partition coefficient (Wildman–Crippen LogP) is 2.64. The molecule has 0 unspecified atom stereocenters. The summed E-state index contributed by atoms with van der Waals surface area (Å²) in [5.41, 5.74) is 2.32. The molecule has 0 radical (unpaired) electrons. The van der Waals surface area contributed by atoms with Crippen LogP contribution in [0.1, 0.15) is 17.6 Å². The van der Waals surface area contributed by atoms with Gasteiger partial charge in [0, 0.05) is 4.88 Å². The molecule has 0 saturated carbocycles. The zero-order valence-corrected chi connectivity index (χ0v) is 10.3. The molecule has 2 heterocycles. The maximum absolute atomic E-state index is 12.3. The number of fused-ring (bicyclic) bond motifs is 1. The first kappa shape index (κ1) is 13.0. The highest BCUT2D eigenvalue weighted by molar-refractivity contribution is 7.18. The number of nitrogens with two attached hydrogens (primary N) is 1. The summed E-state index contributed by atoms with van der Waals surface area (Å²) in [6.45, 7) is 1.96. The maximum atomic E-state index is 12.3. The lowest BCUT2D eigenvalue weighted by atomic mass is 10.3. The highest BCUT2D eigenvalue weighted by atomic mass is 32.1. The molecule has 0 aliphatic rings. The number of hydrogen-bond donors (Lipinski definition) is 2. The molecule has 0 aliphatic heterocycles. The molecule has 18 heavy (non-hydrogen) atoms. The van der Waals surface area contributed by atoms with Crippen LogP contribution in [0.4, 0.5) is 19.0 Å². The molecule has 4 nitrogen and oxygen atoms in total. The minimum Gasteiger partial charge on any atom is -0.308 e. The molecule has 0 saturated heterocycles. The number of aromatic nitrogens is 2. The molecular weight excluding hydrogens is 265 g/mol. The third-order valence-electron chi connectivity index (χ3n) is 2.33. The number of nitrogens with one attached hydrogen (secondary N) is 1. The monoisotopic (exact) mass is 276 g/mol. The van der Waals surface area contributed by atoms with E-state index in [1.54, 1.807) is 0 Å². The van der Waals surface area contributed by atoms with Crippen LogP contribution in [-0.2, 0) is 12.8 Å². The molecular formula is C10H11F3N4S. The summed E-state index contributed by atoms with van der Waals surface area (Å²) in [6.07, 6.45) is -4.69. The van der Waals surface area contributed by atoms with Crippen molar-refractivity contribution in [2.45, 2.75) is 25.9 Å². The zero-order valence-electron chi connectivity index (χ0n) is 9.51. The molecule has 2 aromatic heterocycles. The first-order valence-corrected chi connectivity index (χ1v) is 6.07. The standard InChI is InChI=1S/C10H11F3N4S/c1-2-5-3-6-8(17-14)15-7(4-10(11,12)13)16-9(6)18-5/h3H,2,4,14H2,1H3,(H,15,16,17). The number of rotatable bonds is 3. The Bertz CT molecular complexity index is 564. The molecule has 0 spiro atoms. The summed E-state index contributed by atoms with van der Waals surface area (Å²) in [4.78, 5) is 9.27. The first-order valence-electron chi connectivity index (χ1n) is 5.25. The second-order valence-electron chi connectivity index (χ2n) is 3.71. The van der Waals surface area contributed by atoms with Crippen molar-refractivity contribution in [1.29, 1.82) is 0 Å². The van der Waals surface area contributed by atoms with Crippen LogP contribution in [0, 0.1) is 0 Å². The number of aryl methyl sites for hydroxylation is 1. The normalized spacial score (nSPS) is 12.1. The molecule has 3 N–H and O–H groups in total. The van der Waals surface area contributed by atoms with Crippen molar-refractivity contribution in [2.24, 2.45) is 5.84 Å². The van der Waals surface area contributed by atoms with Crippen LogP contribution in [0.15, 0.2) is 6.07 Å². The largest absolute Gasteiger partial charge is 0.396 e. The Morgan fingerprint density at radius 3 is 2.67 bits per heavy atom. The van der Waals surface area contributed by atoms with Gasteiger partial charge in [0.1, 0.15) is 17.1 Å². The quantitative estimate of drug-likeness (QED) is 0.668. The van der Waals surface area contributed by atoms with Gasteiger partial charge in [0.2, 0.25) is 0 Å². The lowest BCUT2D eigenvalue weighted by Crippen LogP contribution is -2.16. The average Bonchev–Trinajstić information content (AvgIpc) is 2.68. The molecule has 0 bridgehead atoms. The zero-order chi connectivity index (χ0) is 13.3. The van der Waals surface area contributed by atoms with E-state index in [0.29, 0.717) is 10.2 Å². The lowest BCUT2D eigenvalue weighted by Gasteiger charge is -2.07. The molecule has 2 aromatic rings. The van der Waals surface area contributed by atoms with E-state index >= 15 is 0 Å². The van der Waals surface area contributed by atoms with Crippen LogP contribution in [0.2, 0.25) is 0 Å². The van der Waals surface area contributed by atoms with Crippen molar-refractivity contribution in [2.75, 3.05) is 5.43 Å². The van der Waals surface area contributed by atoms with Gasteiger partial charge in [-0.15, -0.1) is 11.3 Å². The van der Waals surface area contributed by atoms with Gasteiger partial charge >= 0.3 is 6.18 Å². The van der Waals surface area contributed by atoms with Crippen LogP contribution < -0.4 is 11.3 Å². The van der Waals surface area contributed by atoms with E-state index < -0.39 is 12.6 Å². The molecule has 0 atom stereocenters. The van der Waals surface area contributed by atoms with Crippen molar-refractivity contribution >= 4 is 27.4 Å². The SMILES string of the molecule is CCc1cc2c(NN)nc(CC(F)(F)F)nc2s1. The van der Waals surface area contributed by atoms with E-state index in [-0.39, 0.29) is 11.6 Å². The minimum atomic E-state index is -4.33. The summed E-state index contributed by atoms with van der Waals surface area (Å²) >= 11 is 1.35. The summed E-state index contributed by atoms with van der Waals surface area (Å²) < 4.78 is 37.0. The average molecular weight is 276 g/mol. The van der Waals surface area contributed by atoms with Gasteiger partial charge in [-0.05, 0) is 12.5 Å². The summed E-state index contributed by atoms with van der Waals surface area (Å²) in [5, 5.41) is 0.658. The predicted molar refractivity (Wildman–Crippen MR) is 64.4 cm³/mol. The van der Waals surface area contributed by atoms with E-state index in [0.717, 1.165) is 11.3 Å². The fraction of sp³-hybridized carbons (Fsp3) is 0.400. The topological polar surface area (TPSA) is 63.8 Å². The van der Waals surface area contributed by atoms with E-state index in [1.165, 1.54) is 11.3 Å². The smallest absolute Gasteiger partial charge is 0.308 e. The van der Waals surface area contributed by atoms with Crippen molar-refractivity contribution < 1.29 is 13.2 Å². The third-order valence-corrected chi connectivity index (χ3v) is 3.51. The Balaban J connectivity index is 2.51. The van der Waals surface area contributed by atoms with Crippen LogP contribution in [-0.4, -0.2) is 16.1 Å². The first-order chi connectivity index (χ1) is 8.43. The fourth-order valence-electron chi connectivity index (χ4n) is 1.56. The molecule has 8 heteroatoms. The molecule has 2 rings (SSSR count). The van der Waals surface area contributed by atoms with E-state index in [2.05, 4.69) is 15.4 Å². The van der Waals surface area contributed by atoms with E-state index in [4.69, 9.17) is 5.84 Å². The number of alkyl halides is 3. The highest BCUT2D eigenvalue weighted by Gasteiger charge is 2.30. The van der Waals surface area contributed by atoms with Crippen molar-refractivity contribution in [3.05, 3.63) is 16.8 Å². The van der Waals surface area contributed by atoms with Gasteiger partial charge < -0.3 is 5.43 Å². The summed E-state index contributed by atoms with van der Waals surface area (Å²) in [6, 6.07) is 1.84. The Kier molecular flexibility index (Phi) is 3.40. The van der Waals surface area contributed by atoms with Crippen LogP contribution in [0.5, 0.6) is 0 Å². The fourth-order valence-corrected chi connectivity index (χ4v) is 2.54. The van der Waals surface area contributed by atoms with E-state index in [1.807, 2.05) is 13.0 Å². The second-order valence-corrected chi connectivity index (χ2v) is 4.83. The molecule has 98 valence electrons. The van der Waals surface area contributed by atoms with Crippen LogP contribution in [0.25, 0.3) is 10.2 Å². The maximum Gasteiger partial charge on any atom is 0.396 e. The Labute approximate surface area is 105 Å². The lowest BCUT2D eigenvalue weighted by molar-refractivity contribution is -0.128. The van der Waals surface area contributed by atoms with E-state index in [9.17, 15) is 13.2 Å². The van der Waals surface area contributed by atoms with Gasteiger partial charge in [-0.3, -0.25) is 0 Å². The Hall–Kier alpha value is -1.41. The minimum absolute atomic E-state index is 0.232. The van der Waals surface area contributed by atoms with Crippen molar-refractivity contribution in [3.8, 4) is 0 Å². The number of thiophene rings is 1. The number of halogens is 3. The third kappa shape index (κ3) is 2.70. The van der Waals surface area contributed by atoms with Crippen LogP contribution in [0.3, 0.4) is 0 Å². The Morgan fingerprint density at radius 1 is 1.39 bits per heavy atom. The van der Waals surface area contributed by atoms with Crippen molar-refractivity contribution in [1.82, 2.24) is 9.97 Å². The number of anilines is 1. The van der Waals surface area contributed by atoms with Gasteiger partial charge in [-0.25, -0.2) is 15.8 Å². The van der Waals surface area contributed by atoms with Gasteiger partial charge in [0.05, 0.1) is 5.39 Å². The summed E-state index contributed by atoms with van der Waals surface area (Å²) in [7, 11) is 0. The van der Waals surface area contributed by atoms with Crippen molar-refractivity contribution in [3.63, 3.8) is 0 Å². The molecule has 0 fully saturated rings. The number of hydrogen-bond acceptors (Lipinski definition) is 5. The van der Waals surface area contributed by atoms with Gasteiger partial charge in [0.15, 0.2) is 5.82 Å². The van der Waals surface area contributed by atoms with Crippen LogP contribution >= 0.6 is 11.3 Å². The number of hydrazine groups is 1. The molecule has 0 amide bonds. The van der Waals surface area contributed by atoms with Gasteiger partial charge in [-0.2, -0.15) is 13.2 Å².